The Kier molecular flexibility index (Phi) is 14.4. The molecule has 260 valence electrons. The first kappa shape index (κ1) is 38.4. The van der Waals surface area contributed by atoms with Gasteiger partial charge in [0.2, 0.25) is 0 Å². The molecule has 0 aromatic heterocycles. The minimum atomic E-state index is -1.49. The van der Waals surface area contributed by atoms with Crippen LogP contribution in [0.5, 0.6) is 0 Å². The van der Waals surface area contributed by atoms with Crippen molar-refractivity contribution in [3.05, 3.63) is 12.3 Å². The van der Waals surface area contributed by atoms with E-state index >= 15 is 0 Å². The summed E-state index contributed by atoms with van der Waals surface area (Å²) in [6, 6.07) is 0. The van der Waals surface area contributed by atoms with Gasteiger partial charge in [-0.1, -0.05) is 20.4 Å². The van der Waals surface area contributed by atoms with Gasteiger partial charge in [-0.05, 0) is 12.8 Å². The van der Waals surface area contributed by atoms with Crippen molar-refractivity contribution in [2.75, 3.05) is 13.2 Å². The molecule has 2 aliphatic rings. The molecule has 0 unspecified atom stereocenters. The minimum absolute atomic E-state index is 0.234. The van der Waals surface area contributed by atoms with E-state index in [2.05, 4.69) is 6.58 Å². The Balaban J connectivity index is 2.55. The standard InChI is InChI=1S/C30H44O16/c1-13(2)23-26(41-17(7)33)27(42-18(8)34)24(39-15(5)31)21(45-23)12-38-30-29(44-20(10)36)28(43-19(9)35)25(40-16(6)32)22(46-30)11-37-14(3)4/h13,21-30H,3,11-12H2,1-2,4-10H3/t21-,22-,23+,24+,25+,26+,27+,28+,29-,30-/m1/s1. The lowest BCUT2D eigenvalue weighted by atomic mass is 9.89. The summed E-state index contributed by atoms with van der Waals surface area (Å²) in [4.78, 5) is 72.7. The third-order valence-electron chi connectivity index (χ3n) is 6.65. The zero-order valence-electron chi connectivity index (χ0n) is 27.5. The lowest BCUT2D eigenvalue weighted by Gasteiger charge is -2.47. The van der Waals surface area contributed by atoms with Crippen molar-refractivity contribution in [2.45, 2.75) is 124 Å². The Bertz CT molecular complexity index is 1130. The third kappa shape index (κ3) is 11.2. The number of esters is 6. The second kappa shape index (κ2) is 17.2. The third-order valence-corrected chi connectivity index (χ3v) is 6.65. The molecule has 0 radical (unpaired) electrons. The van der Waals surface area contributed by atoms with Gasteiger partial charge in [-0.25, -0.2) is 0 Å². The summed E-state index contributed by atoms with van der Waals surface area (Å²) < 4.78 is 56.8. The number of carbonyl (C=O) groups excluding carboxylic acids is 6. The van der Waals surface area contributed by atoms with E-state index in [-0.39, 0.29) is 12.5 Å². The Morgan fingerprint density at radius 3 is 1.33 bits per heavy atom. The fourth-order valence-corrected chi connectivity index (χ4v) is 5.14. The summed E-state index contributed by atoms with van der Waals surface area (Å²) in [7, 11) is 0. The summed E-state index contributed by atoms with van der Waals surface area (Å²) >= 11 is 0. The van der Waals surface area contributed by atoms with E-state index in [1.165, 1.54) is 6.92 Å². The van der Waals surface area contributed by atoms with Crippen LogP contribution in [0, 0.1) is 5.92 Å². The average Bonchev–Trinajstić information content (AvgIpc) is 2.89. The molecule has 16 nitrogen and oxygen atoms in total. The van der Waals surface area contributed by atoms with E-state index in [1.807, 2.05) is 0 Å². The van der Waals surface area contributed by atoms with E-state index in [0.717, 1.165) is 34.6 Å². The summed E-state index contributed by atoms with van der Waals surface area (Å²) in [5, 5.41) is 0. The van der Waals surface area contributed by atoms with Gasteiger partial charge in [0, 0.05) is 41.5 Å². The molecule has 0 N–H and O–H groups in total. The molecule has 2 heterocycles. The summed E-state index contributed by atoms with van der Waals surface area (Å²) in [6.45, 7) is 14.9. The first-order chi connectivity index (χ1) is 21.4. The number of hydrogen-bond acceptors (Lipinski definition) is 16. The van der Waals surface area contributed by atoms with Gasteiger partial charge in [0.05, 0.1) is 12.4 Å². The largest absolute Gasteiger partial charge is 0.496 e. The molecule has 0 aliphatic carbocycles. The molecule has 16 heteroatoms. The van der Waals surface area contributed by atoms with Crippen molar-refractivity contribution in [2.24, 2.45) is 5.92 Å². The molecular weight excluding hydrogens is 616 g/mol. The Morgan fingerprint density at radius 2 is 0.913 bits per heavy atom. The highest BCUT2D eigenvalue weighted by molar-refractivity contribution is 5.69. The number of allylic oxidation sites excluding steroid dienone is 1. The summed E-state index contributed by atoms with van der Waals surface area (Å²) in [5.41, 5.74) is 0. The summed E-state index contributed by atoms with van der Waals surface area (Å²) in [5.74, 6) is -4.52. The first-order valence-corrected chi connectivity index (χ1v) is 14.6. The predicted octanol–water partition coefficient (Wildman–Crippen LogP) is 1.29. The highest BCUT2D eigenvalue weighted by atomic mass is 16.7. The molecule has 2 aliphatic heterocycles. The Hall–Kier alpha value is -3.76. The van der Waals surface area contributed by atoms with E-state index < -0.39 is 104 Å². The Morgan fingerprint density at radius 1 is 0.543 bits per heavy atom. The van der Waals surface area contributed by atoms with Crippen molar-refractivity contribution >= 4 is 35.8 Å². The van der Waals surface area contributed by atoms with E-state index in [1.54, 1.807) is 20.8 Å². The fourth-order valence-electron chi connectivity index (χ4n) is 5.14. The molecule has 2 rings (SSSR count). The lowest BCUT2D eigenvalue weighted by Crippen LogP contribution is -2.65. The van der Waals surface area contributed by atoms with Gasteiger partial charge >= 0.3 is 35.8 Å². The highest BCUT2D eigenvalue weighted by Gasteiger charge is 2.55. The van der Waals surface area contributed by atoms with Gasteiger partial charge in [0.25, 0.3) is 0 Å². The molecule has 46 heavy (non-hydrogen) atoms. The van der Waals surface area contributed by atoms with Crippen LogP contribution in [0.3, 0.4) is 0 Å². The van der Waals surface area contributed by atoms with Crippen LogP contribution in [-0.2, 0) is 76.1 Å². The SMILES string of the molecule is C=C(C)OC[C@H]1O[C@@H](OC[C@H]2O[C@@H](C(C)C)[C@H](OC(C)=O)[C@@H](OC(C)=O)[C@H]2OC(C)=O)[C@H](OC(C)=O)[C@@H](OC(C)=O)[C@H]1OC(C)=O. The zero-order chi connectivity index (χ0) is 34.9. The molecule has 0 saturated carbocycles. The predicted molar refractivity (Wildman–Crippen MR) is 152 cm³/mol. The van der Waals surface area contributed by atoms with Crippen LogP contribution in [-0.4, -0.2) is 110 Å². The molecule has 0 aromatic rings. The smallest absolute Gasteiger partial charge is 0.303 e. The van der Waals surface area contributed by atoms with Gasteiger partial charge in [0.1, 0.15) is 24.9 Å². The van der Waals surface area contributed by atoms with Crippen molar-refractivity contribution in [3.8, 4) is 0 Å². The van der Waals surface area contributed by atoms with Crippen LogP contribution in [0.15, 0.2) is 12.3 Å². The van der Waals surface area contributed by atoms with Crippen molar-refractivity contribution in [1.29, 1.82) is 0 Å². The minimum Gasteiger partial charge on any atom is -0.496 e. The van der Waals surface area contributed by atoms with Crippen molar-refractivity contribution < 1.29 is 76.1 Å². The van der Waals surface area contributed by atoms with Gasteiger partial charge in [-0.2, -0.15) is 0 Å². The first-order valence-electron chi connectivity index (χ1n) is 14.6. The van der Waals surface area contributed by atoms with Crippen LogP contribution in [0.2, 0.25) is 0 Å². The second-order valence-electron chi connectivity index (χ2n) is 11.2. The maximum atomic E-state index is 12.2. The van der Waals surface area contributed by atoms with Crippen LogP contribution in [0.25, 0.3) is 0 Å². The number of rotatable bonds is 13. The molecular formula is C30H44O16. The van der Waals surface area contributed by atoms with Crippen LogP contribution >= 0.6 is 0 Å². The molecule has 0 spiro atoms. The van der Waals surface area contributed by atoms with E-state index in [0.29, 0.717) is 5.76 Å². The topological polar surface area (TPSA) is 195 Å². The normalized spacial score (nSPS) is 30.7. The maximum Gasteiger partial charge on any atom is 0.303 e. The monoisotopic (exact) mass is 660 g/mol. The molecule has 0 amide bonds. The molecule has 10 atom stereocenters. The number of ether oxygens (including phenoxy) is 10. The van der Waals surface area contributed by atoms with E-state index in [4.69, 9.17) is 47.4 Å². The zero-order valence-corrected chi connectivity index (χ0v) is 27.5. The number of carbonyl (C=O) groups is 6. The fraction of sp³-hybridized carbons (Fsp3) is 0.733. The molecule has 0 aromatic carbocycles. The van der Waals surface area contributed by atoms with Gasteiger partial charge < -0.3 is 47.4 Å². The van der Waals surface area contributed by atoms with Crippen molar-refractivity contribution in [1.82, 2.24) is 0 Å². The van der Waals surface area contributed by atoms with E-state index in [9.17, 15) is 28.8 Å². The van der Waals surface area contributed by atoms with Crippen LogP contribution < -0.4 is 0 Å². The van der Waals surface area contributed by atoms with Crippen molar-refractivity contribution in [3.63, 3.8) is 0 Å². The second-order valence-corrected chi connectivity index (χ2v) is 11.2. The van der Waals surface area contributed by atoms with Crippen LogP contribution in [0.4, 0.5) is 0 Å². The quantitative estimate of drug-likeness (QED) is 0.156. The number of hydrogen-bond donors (Lipinski definition) is 0. The van der Waals surface area contributed by atoms with Gasteiger partial charge in [0.15, 0.2) is 42.9 Å². The molecule has 0 bridgehead atoms. The maximum absolute atomic E-state index is 12.2. The summed E-state index contributed by atoms with van der Waals surface area (Å²) in [6.07, 6.45) is -12.6. The highest BCUT2D eigenvalue weighted by Crippen LogP contribution is 2.34. The average molecular weight is 661 g/mol. The van der Waals surface area contributed by atoms with Crippen LogP contribution in [0.1, 0.15) is 62.3 Å². The molecule has 2 saturated heterocycles. The lowest BCUT2D eigenvalue weighted by molar-refractivity contribution is -0.320. The van der Waals surface area contributed by atoms with Gasteiger partial charge in [-0.3, -0.25) is 28.8 Å². The molecule has 2 fully saturated rings. The Labute approximate surface area is 267 Å². The van der Waals surface area contributed by atoms with Gasteiger partial charge in [-0.15, -0.1) is 0 Å².